The molecule has 0 fully saturated rings. The second-order valence-electron chi connectivity index (χ2n) is 4.13. The van der Waals surface area contributed by atoms with Crippen molar-refractivity contribution in [3.05, 3.63) is 61.8 Å². The Hall–Kier alpha value is -1.55. The Morgan fingerprint density at radius 2 is 1.86 bits per heavy atom. The molecule has 0 bridgehead atoms. The van der Waals surface area contributed by atoms with Gasteiger partial charge in [0, 0.05) is 23.8 Å². The summed E-state index contributed by atoms with van der Waals surface area (Å²) in [5, 5.41) is 10.6. The number of aromatic nitrogens is 1. The smallest absolute Gasteiger partial charge is 0.272 e. The van der Waals surface area contributed by atoms with Gasteiger partial charge in [-0.3, -0.25) is 20.6 Å². The molecule has 1 aromatic heterocycles. The lowest BCUT2D eigenvalue weighted by molar-refractivity contribution is -0.669. The standard InChI is InChI=1S/C13H10IN3O3.BrH/c14-10-3-6-13(15)16(7-10)8-12(18)9-1-4-11(5-2-9)17(19)20;/h1-7,15H,8H2;1H. The van der Waals surface area contributed by atoms with Crippen LogP contribution in [0.1, 0.15) is 10.4 Å². The summed E-state index contributed by atoms with van der Waals surface area (Å²) >= 11 is 2.13. The number of Topliss-reactive ketones (excluding diaryl/α,β-unsaturated/α-hetero) is 1. The number of non-ortho nitro benzene ring substituents is 1. The summed E-state index contributed by atoms with van der Waals surface area (Å²) in [5.74, 6) is 0.333. The number of anilines is 1. The molecule has 2 aromatic rings. The van der Waals surface area contributed by atoms with Crippen molar-refractivity contribution in [2.45, 2.75) is 6.54 Å². The first kappa shape index (κ1) is 17.5. The minimum absolute atomic E-state index is 0. The topological polar surface area (TPSA) is 90.1 Å². The summed E-state index contributed by atoms with van der Waals surface area (Å²) in [6.45, 7) is 0.0977. The van der Waals surface area contributed by atoms with Crippen LogP contribution >= 0.6 is 22.6 Å². The zero-order valence-corrected chi connectivity index (χ0v) is 14.4. The molecule has 0 aliphatic rings. The number of rotatable bonds is 4. The molecule has 0 radical (unpaired) electrons. The van der Waals surface area contributed by atoms with E-state index in [4.69, 9.17) is 5.73 Å². The molecule has 0 spiro atoms. The van der Waals surface area contributed by atoms with Crippen LogP contribution in [0, 0.1) is 13.7 Å². The van der Waals surface area contributed by atoms with Crippen molar-refractivity contribution in [1.29, 1.82) is 0 Å². The first-order valence-corrected chi connectivity index (χ1v) is 6.77. The van der Waals surface area contributed by atoms with Crippen LogP contribution in [0.4, 0.5) is 11.5 Å². The lowest BCUT2D eigenvalue weighted by atomic mass is 10.1. The van der Waals surface area contributed by atoms with E-state index in [9.17, 15) is 14.9 Å². The highest BCUT2D eigenvalue weighted by Crippen LogP contribution is 2.12. The third-order valence-electron chi connectivity index (χ3n) is 2.74. The van der Waals surface area contributed by atoms with Crippen molar-refractivity contribution >= 4 is 39.9 Å². The van der Waals surface area contributed by atoms with Crippen LogP contribution in [0.15, 0.2) is 42.6 Å². The number of halogens is 2. The van der Waals surface area contributed by atoms with Crippen molar-refractivity contribution < 1.29 is 31.3 Å². The average molecular weight is 464 g/mol. The number of nitrogens with two attached hydrogens (primary N) is 1. The summed E-state index contributed by atoms with van der Waals surface area (Å²) in [7, 11) is 0. The van der Waals surface area contributed by atoms with E-state index in [0.29, 0.717) is 11.4 Å². The highest BCUT2D eigenvalue weighted by molar-refractivity contribution is 14.1. The molecule has 1 aromatic carbocycles. The van der Waals surface area contributed by atoms with Gasteiger partial charge in [0.1, 0.15) is 6.20 Å². The molecule has 21 heavy (non-hydrogen) atoms. The zero-order valence-electron chi connectivity index (χ0n) is 10.7. The molecule has 110 valence electrons. The molecule has 6 nitrogen and oxygen atoms in total. The fourth-order valence-corrected chi connectivity index (χ4v) is 2.20. The minimum atomic E-state index is -0.499. The first-order chi connectivity index (χ1) is 9.47. The van der Waals surface area contributed by atoms with E-state index in [2.05, 4.69) is 22.6 Å². The van der Waals surface area contributed by atoms with Gasteiger partial charge in [0.05, 0.1) is 8.49 Å². The number of benzene rings is 1. The number of pyridine rings is 1. The van der Waals surface area contributed by atoms with Gasteiger partial charge in [-0.15, -0.1) is 0 Å². The molecule has 0 saturated heterocycles. The molecule has 0 atom stereocenters. The number of nitro benzene ring substituents is 1. The summed E-state index contributed by atoms with van der Waals surface area (Å²) in [6.07, 6.45) is 1.78. The van der Waals surface area contributed by atoms with Crippen molar-refractivity contribution in [3.8, 4) is 0 Å². The van der Waals surface area contributed by atoms with Crippen molar-refractivity contribution in [1.82, 2.24) is 0 Å². The number of carbonyl (C=O) groups excluding carboxylic acids is 1. The monoisotopic (exact) mass is 463 g/mol. The van der Waals surface area contributed by atoms with Crippen LogP contribution in [0.25, 0.3) is 0 Å². The van der Waals surface area contributed by atoms with Crippen LogP contribution in [-0.4, -0.2) is 10.7 Å². The maximum absolute atomic E-state index is 12.1. The number of ketones is 1. The minimum Gasteiger partial charge on any atom is -1.00 e. The number of hydrogen-bond acceptors (Lipinski definition) is 4. The van der Waals surface area contributed by atoms with E-state index < -0.39 is 4.92 Å². The predicted molar refractivity (Wildman–Crippen MR) is 81.2 cm³/mol. The lowest BCUT2D eigenvalue weighted by Gasteiger charge is -2.03. The second-order valence-corrected chi connectivity index (χ2v) is 5.37. The third-order valence-corrected chi connectivity index (χ3v) is 3.38. The second kappa shape index (κ2) is 7.46. The van der Waals surface area contributed by atoms with Gasteiger partial charge in [0.15, 0.2) is 6.54 Å². The van der Waals surface area contributed by atoms with Gasteiger partial charge >= 0.3 is 0 Å². The average Bonchev–Trinajstić information content (AvgIpc) is 2.43. The highest BCUT2D eigenvalue weighted by atomic mass is 127. The zero-order chi connectivity index (χ0) is 14.7. The van der Waals surface area contributed by atoms with Crippen LogP contribution in [0.2, 0.25) is 0 Å². The summed E-state index contributed by atoms with van der Waals surface area (Å²) < 4.78 is 2.61. The largest absolute Gasteiger partial charge is 1.00 e. The van der Waals surface area contributed by atoms with Crippen LogP contribution in [-0.2, 0) is 6.54 Å². The molecule has 0 aliphatic heterocycles. The summed E-state index contributed by atoms with van der Waals surface area (Å²) in [6, 6.07) is 9.11. The van der Waals surface area contributed by atoms with Gasteiger partial charge in [0.25, 0.3) is 11.5 Å². The van der Waals surface area contributed by atoms with Gasteiger partial charge in [-0.1, -0.05) is 0 Å². The number of carbonyl (C=O) groups is 1. The number of hydrogen-bond donors (Lipinski definition) is 1. The Labute approximate surface area is 145 Å². The highest BCUT2D eigenvalue weighted by Gasteiger charge is 2.14. The van der Waals surface area contributed by atoms with Gasteiger partial charge in [-0.2, -0.15) is 0 Å². The Morgan fingerprint density at radius 1 is 1.24 bits per heavy atom. The SMILES string of the molecule is Nc1ccc(I)c[n+]1CC(=O)c1ccc([N+](=O)[O-])cc1.[Br-]. The van der Waals surface area contributed by atoms with Gasteiger partial charge in [-0.05, 0) is 40.8 Å². The Bertz CT molecular complexity index is 677. The van der Waals surface area contributed by atoms with Crippen LogP contribution in [0.3, 0.4) is 0 Å². The molecule has 2 N–H and O–H groups in total. The Kier molecular flexibility index (Phi) is 6.21. The van der Waals surface area contributed by atoms with Crippen molar-refractivity contribution in [2.75, 3.05) is 5.73 Å². The molecule has 0 saturated carbocycles. The summed E-state index contributed by atoms with van der Waals surface area (Å²) in [5.41, 5.74) is 6.18. The summed E-state index contributed by atoms with van der Waals surface area (Å²) in [4.78, 5) is 22.2. The fourth-order valence-electron chi connectivity index (χ4n) is 1.68. The number of nitro groups is 1. The first-order valence-electron chi connectivity index (χ1n) is 5.69. The maximum atomic E-state index is 12.1. The number of nitrogen functional groups attached to an aromatic ring is 1. The third kappa shape index (κ3) is 4.46. The van der Waals surface area contributed by atoms with Crippen molar-refractivity contribution in [2.24, 2.45) is 0 Å². The van der Waals surface area contributed by atoms with Gasteiger partial charge in [-0.25, -0.2) is 4.57 Å². The Balaban J connectivity index is 0.00000220. The molecule has 8 heteroatoms. The molecule has 0 amide bonds. The van der Waals surface area contributed by atoms with Gasteiger partial charge < -0.3 is 17.0 Å². The fraction of sp³-hybridized carbons (Fsp3) is 0.0769. The van der Waals surface area contributed by atoms with Crippen LogP contribution in [0.5, 0.6) is 0 Å². The van der Waals surface area contributed by atoms with E-state index in [0.717, 1.165) is 3.57 Å². The Morgan fingerprint density at radius 3 is 2.43 bits per heavy atom. The van der Waals surface area contributed by atoms with Gasteiger partial charge in [0.2, 0.25) is 5.78 Å². The normalized spacial score (nSPS) is 9.76. The molecule has 0 unspecified atom stereocenters. The van der Waals surface area contributed by atoms with Crippen molar-refractivity contribution in [3.63, 3.8) is 0 Å². The quantitative estimate of drug-likeness (QED) is 0.206. The predicted octanol–water partition coefficient (Wildman–Crippen LogP) is -1.04. The van der Waals surface area contributed by atoms with E-state index in [1.807, 2.05) is 6.07 Å². The molecule has 1 heterocycles. The molecule has 0 aliphatic carbocycles. The molecular formula is C13H11BrIN3O3. The molecular weight excluding hydrogens is 453 g/mol. The van der Waals surface area contributed by atoms with E-state index in [1.165, 1.54) is 24.3 Å². The van der Waals surface area contributed by atoms with E-state index in [1.54, 1.807) is 16.8 Å². The van der Waals surface area contributed by atoms with E-state index >= 15 is 0 Å². The lowest BCUT2D eigenvalue weighted by Crippen LogP contribution is -3.00. The maximum Gasteiger partial charge on any atom is 0.272 e. The van der Waals surface area contributed by atoms with E-state index in [-0.39, 0.29) is 35.0 Å². The van der Waals surface area contributed by atoms with Crippen LogP contribution < -0.4 is 27.3 Å². The number of nitrogens with zero attached hydrogens (tertiary/aromatic N) is 2. The molecule has 2 rings (SSSR count).